The van der Waals surface area contributed by atoms with Crippen LogP contribution < -0.4 is 14.8 Å². The van der Waals surface area contributed by atoms with Gasteiger partial charge in [-0.25, -0.2) is 0 Å². The molecule has 1 heterocycles. The number of hydrogen-bond acceptors (Lipinski definition) is 5. The van der Waals surface area contributed by atoms with Crippen LogP contribution >= 0.6 is 0 Å². The summed E-state index contributed by atoms with van der Waals surface area (Å²) in [7, 11) is 4.91. The fourth-order valence-electron chi connectivity index (χ4n) is 5.07. The molecule has 2 aliphatic rings. The van der Waals surface area contributed by atoms with Crippen LogP contribution in [0.3, 0.4) is 0 Å². The highest BCUT2D eigenvalue weighted by atomic mass is 16.5. The van der Waals surface area contributed by atoms with Gasteiger partial charge in [-0.05, 0) is 31.7 Å². The van der Waals surface area contributed by atoms with Gasteiger partial charge < -0.3 is 24.3 Å². The number of fused-ring (bicyclic) bond motifs is 1. The van der Waals surface area contributed by atoms with Crippen molar-refractivity contribution in [3.8, 4) is 11.5 Å². The standard InChI is InChI=1S/C23H35NO5/c1-15-9-10-17-19(13-15)29-20(14-23(17,2)24-21(25)11-12-26-3)16-7-6-8-18(27-4)22(16)28-5/h6-8,15,17,19-20H,9-14H2,1-5H3,(H,24,25)/t15-,17-,19-,20-,23-/m1/s1. The highest BCUT2D eigenvalue weighted by molar-refractivity contribution is 5.77. The Morgan fingerprint density at radius 3 is 2.72 bits per heavy atom. The van der Waals surface area contributed by atoms with Crippen molar-refractivity contribution < 1.29 is 23.7 Å². The summed E-state index contributed by atoms with van der Waals surface area (Å²) in [5, 5.41) is 3.34. The van der Waals surface area contributed by atoms with E-state index in [9.17, 15) is 4.79 Å². The quantitative estimate of drug-likeness (QED) is 0.746. The number of rotatable bonds is 7. The average molecular weight is 406 g/mol. The summed E-state index contributed by atoms with van der Waals surface area (Å²) in [4.78, 5) is 12.6. The molecule has 6 heteroatoms. The first-order chi connectivity index (χ1) is 13.9. The number of nitrogens with one attached hydrogen (secondary N) is 1. The van der Waals surface area contributed by atoms with Crippen LogP contribution in [0.15, 0.2) is 18.2 Å². The maximum Gasteiger partial charge on any atom is 0.222 e. The van der Waals surface area contributed by atoms with Gasteiger partial charge >= 0.3 is 0 Å². The Morgan fingerprint density at radius 1 is 1.24 bits per heavy atom. The molecule has 0 spiro atoms. The van der Waals surface area contributed by atoms with Crippen LogP contribution in [0.5, 0.6) is 11.5 Å². The molecule has 1 amide bonds. The number of para-hydroxylation sites is 1. The van der Waals surface area contributed by atoms with Crippen molar-refractivity contribution in [3.63, 3.8) is 0 Å². The summed E-state index contributed by atoms with van der Waals surface area (Å²) in [6.07, 6.45) is 4.26. The van der Waals surface area contributed by atoms with Crippen molar-refractivity contribution in [2.24, 2.45) is 11.8 Å². The Balaban J connectivity index is 1.91. The number of ether oxygens (including phenoxy) is 4. The first-order valence-electron chi connectivity index (χ1n) is 10.6. The second-order valence-corrected chi connectivity index (χ2v) is 8.68. The molecule has 2 fully saturated rings. The summed E-state index contributed by atoms with van der Waals surface area (Å²) >= 11 is 0. The van der Waals surface area contributed by atoms with E-state index in [1.54, 1.807) is 21.3 Å². The lowest BCUT2D eigenvalue weighted by atomic mass is 9.66. The molecule has 29 heavy (non-hydrogen) atoms. The number of amides is 1. The van der Waals surface area contributed by atoms with Gasteiger partial charge in [-0.15, -0.1) is 0 Å². The molecule has 1 aromatic rings. The minimum Gasteiger partial charge on any atom is -0.493 e. The van der Waals surface area contributed by atoms with E-state index in [0.29, 0.717) is 42.8 Å². The van der Waals surface area contributed by atoms with Gasteiger partial charge in [0.1, 0.15) is 0 Å². The Labute approximate surface area is 174 Å². The van der Waals surface area contributed by atoms with Crippen LogP contribution in [0.2, 0.25) is 0 Å². The molecule has 1 saturated heterocycles. The van der Waals surface area contributed by atoms with Crippen LogP contribution in [0.25, 0.3) is 0 Å². The Morgan fingerprint density at radius 2 is 2.03 bits per heavy atom. The van der Waals surface area contributed by atoms with Crippen LogP contribution in [0.4, 0.5) is 0 Å². The second-order valence-electron chi connectivity index (χ2n) is 8.68. The summed E-state index contributed by atoms with van der Waals surface area (Å²) in [6.45, 7) is 4.88. The van der Waals surface area contributed by atoms with E-state index in [0.717, 1.165) is 18.4 Å². The highest BCUT2D eigenvalue weighted by Gasteiger charge is 2.50. The van der Waals surface area contributed by atoms with Crippen molar-refractivity contribution >= 4 is 5.91 Å². The van der Waals surface area contributed by atoms with E-state index in [4.69, 9.17) is 18.9 Å². The van der Waals surface area contributed by atoms with E-state index < -0.39 is 0 Å². The van der Waals surface area contributed by atoms with Gasteiger partial charge in [0.25, 0.3) is 0 Å². The van der Waals surface area contributed by atoms with Gasteiger partial charge in [0.05, 0.1) is 33.0 Å². The van der Waals surface area contributed by atoms with Crippen LogP contribution in [0, 0.1) is 11.8 Å². The average Bonchev–Trinajstić information content (AvgIpc) is 2.70. The van der Waals surface area contributed by atoms with E-state index in [1.807, 2.05) is 18.2 Å². The summed E-state index contributed by atoms with van der Waals surface area (Å²) in [5.74, 6) is 2.35. The molecule has 0 unspecified atom stereocenters. The molecule has 0 radical (unpaired) electrons. The summed E-state index contributed by atoms with van der Waals surface area (Å²) < 4.78 is 22.9. The minimum absolute atomic E-state index is 0.0324. The van der Waals surface area contributed by atoms with Gasteiger partial charge in [-0.1, -0.05) is 25.5 Å². The summed E-state index contributed by atoms with van der Waals surface area (Å²) in [5.41, 5.74) is 0.632. The van der Waals surface area contributed by atoms with E-state index in [-0.39, 0.29) is 23.7 Å². The fourth-order valence-corrected chi connectivity index (χ4v) is 5.07. The third-order valence-corrected chi connectivity index (χ3v) is 6.56. The molecule has 3 rings (SSSR count). The Hall–Kier alpha value is -1.79. The number of benzene rings is 1. The molecular weight excluding hydrogens is 370 g/mol. The molecule has 0 bridgehead atoms. The van der Waals surface area contributed by atoms with Crippen LogP contribution in [0.1, 0.15) is 57.6 Å². The van der Waals surface area contributed by atoms with Crippen LogP contribution in [-0.2, 0) is 14.3 Å². The molecule has 5 atom stereocenters. The van der Waals surface area contributed by atoms with Crippen molar-refractivity contribution in [1.29, 1.82) is 0 Å². The van der Waals surface area contributed by atoms with Crippen molar-refractivity contribution in [2.75, 3.05) is 27.9 Å². The van der Waals surface area contributed by atoms with Crippen molar-refractivity contribution in [1.82, 2.24) is 5.32 Å². The number of carbonyl (C=O) groups is 1. The molecule has 162 valence electrons. The predicted octanol–water partition coefficient (Wildman–Crippen LogP) is 3.88. The zero-order valence-corrected chi connectivity index (χ0v) is 18.3. The van der Waals surface area contributed by atoms with Gasteiger partial charge in [0.15, 0.2) is 11.5 Å². The Kier molecular flexibility index (Phi) is 7.06. The topological polar surface area (TPSA) is 66.0 Å². The maximum absolute atomic E-state index is 12.6. The lowest BCUT2D eigenvalue weighted by Gasteiger charge is -2.52. The smallest absolute Gasteiger partial charge is 0.222 e. The normalized spacial score (nSPS) is 31.6. The SMILES string of the molecule is COCCC(=O)N[C@]1(C)C[C@H](c2cccc(OC)c2OC)O[C@@H]2C[C@H](C)CC[C@H]21. The van der Waals surface area contributed by atoms with E-state index >= 15 is 0 Å². The number of hydrogen-bond donors (Lipinski definition) is 1. The largest absolute Gasteiger partial charge is 0.493 e. The van der Waals surface area contributed by atoms with E-state index in [2.05, 4.69) is 19.2 Å². The van der Waals surface area contributed by atoms with Crippen molar-refractivity contribution in [2.45, 2.75) is 63.7 Å². The van der Waals surface area contributed by atoms with Crippen molar-refractivity contribution in [3.05, 3.63) is 23.8 Å². The predicted molar refractivity (Wildman–Crippen MR) is 111 cm³/mol. The lowest BCUT2D eigenvalue weighted by Crippen LogP contribution is -2.60. The fraction of sp³-hybridized carbons (Fsp3) is 0.696. The molecule has 6 nitrogen and oxygen atoms in total. The third kappa shape index (κ3) is 4.69. The molecule has 1 aliphatic carbocycles. The third-order valence-electron chi connectivity index (χ3n) is 6.56. The number of methoxy groups -OCH3 is 3. The molecule has 1 aromatic carbocycles. The van der Waals surface area contributed by atoms with Gasteiger partial charge in [-0.3, -0.25) is 4.79 Å². The zero-order valence-electron chi connectivity index (χ0n) is 18.3. The monoisotopic (exact) mass is 405 g/mol. The van der Waals surface area contributed by atoms with E-state index in [1.165, 1.54) is 6.42 Å². The molecule has 0 aromatic heterocycles. The van der Waals surface area contributed by atoms with Gasteiger partial charge in [-0.2, -0.15) is 0 Å². The first-order valence-corrected chi connectivity index (χ1v) is 10.6. The zero-order chi connectivity index (χ0) is 21.0. The molecule has 1 aliphatic heterocycles. The highest BCUT2D eigenvalue weighted by Crippen LogP contribution is 2.50. The first kappa shape index (κ1) is 21.9. The minimum atomic E-state index is -0.341. The Bertz CT molecular complexity index is 709. The summed E-state index contributed by atoms with van der Waals surface area (Å²) in [6, 6.07) is 5.89. The number of carbonyl (C=O) groups excluding carboxylic acids is 1. The maximum atomic E-state index is 12.6. The second kappa shape index (κ2) is 9.35. The van der Waals surface area contributed by atoms with Crippen LogP contribution in [-0.4, -0.2) is 45.5 Å². The molecule has 1 N–H and O–H groups in total. The molecular formula is C23H35NO5. The van der Waals surface area contributed by atoms with Gasteiger partial charge in [0.2, 0.25) is 5.91 Å². The lowest BCUT2D eigenvalue weighted by molar-refractivity contribution is -0.154. The van der Waals surface area contributed by atoms with Gasteiger partial charge in [0, 0.05) is 37.0 Å². The molecule has 1 saturated carbocycles.